The van der Waals surface area contributed by atoms with Gasteiger partial charge < -0.3 is 16.4 Å². The first kappa shape index (κ1) is 15.8. The molecule has 5 nitrogen and oxygen atoms in total. The van der Waals surface area contributed by atoms with Gasteiger partial charge >= 0.3 is 0 Å². The van der Waals surface area contributed by atoms with Gasteiger partial charge in [-0.05, 0) is 42.5 Å². The molecule has 22 heavy (non-hydrogen) atoms. The van der Waals surface area contributed by atoms with Gasteiger partial charge in [0.1, 0.15) is 5.82 Å². The van der Waals surface area contributed by atoms with Crippen LogP contribution >= 0.6 is 11.6 Å². The van der Waals surface area contributed by atoms with Crippen molar-refractivity contribution in [2.24, 2.45) is 5.73 Å². The summed E-state index contributed by atoms with van der Waals surface area (Å²) in [5.41, 5.74) is 6.59. The normalized spacial score (nSPS) is 10.1. The van der Waals surface area contributed by atoms with Gasteiger partial charge in [0.05, 0.1) is 11.6 Å². The SMILES string of the molecule is NC(=O)c1ccc(NCC(=O)Nc2ccc(F)c(Cl)c2)cc1. The van der Waals surface area contributed by atoms with Gasteiger partial charge in [-0.15, -0.1) is 0 Å². The maximum Gasteiger partial charge on any atom is 0.248 e. The fourth-order valence-corrected chi connectivity index (χ4v) is 1.89. The second kappa shape index (κ2) is 6.91. The molecule has 2 aromatic carbocycles. The maximum atomic E-state index is 13.0. The smallest absolute Gasteiger partial charge is 0.248 e. The van der Waals surface area contributed by atoms with E-state index in [1.807, 2.05) is 0 Å². The van der Waals surface area contributed by atoms with Gasteiger partial charge in [-0.2, -0.15) is 0 Å². The first-order valence-electron chi connectivity index (χ1n) is 6.34. The van der Waals surface area contributed by atoms with Crippen molar-refractivity contribution in [2.75, 3.05) is 17.2 Å². The minimum absolute atomic E-state index is 0.00487. The van der Waals surface area contributed by atoms with Gasteiger partial charge in [-0.3, -0.25) is 9.59 Å². The van der Waals surface area contributed by atoms with Crippen molar-refractivity contribution in [3.8, 4) is 0 Å². The number of rotatable bonds is 5. The Morgan fingerprint density at radius 2 is 1.73 bits per heavy atom. The molecule has 0 aromatic heterocycles. The van der Waals surface area contributed by atoms with Crippen molar-refractivity contribution in [3.05, 3.63) is 58.9 Å². The molecule has 0 aliphatic heterocycles. The van der Waals surface area contributed by atoms with E-state index >= 15 is 0 Å². The zero-order valence-electron chi connectivity index (χ0n) is 11.4. The number of anilines is 2. The van der Waals surface area contributed by atoms with E-state index in [0.717, 1.165) is 0 Å². The number of nitrogens with one attached hydrogen (secondary N) is 2. The number of carbonyl (C=O) groups is 2. The molecule has 0 atom stereocenters. The zero-order chi connectivity index (χ0) is 16.1. The van der Waals surface area contributed by atoms with E-state index in [1.54, 1.807) is 24.3 Å². The number of amides is 2. The zero-order valence-corrected chi connectivity index (χ0v) is 12.2. The largest absolute Gasteiger partial charge is 0.376 e. The van der Waals surface area contributed by atoms with Crippen LogP contribution in [0, 0.1) is 5.82 Å². The molecule has 0 saturated heterocycles. The van der Waals surface area contributed by atoms with Crippen LogP contribution in [0.4, 0.5) is 15.8 Å². The second-order valence-electron chi connectivity index (χ2n) is 4.47. The lowest BCUT2D eigenvalue weighted by atomic mass is 10.2. The quantitative estimate of drug-likeness (QED) is 0.791. The highest BCUT2D eigenvalue weighted by molar-refractivity contribution is 6.31. The van der Waals surface area contributed by atoms with Gasteiger partial charge in [-0.25, -0.2) is 4.39 Å². The van der Waals surface area contributed by atoms with Crippen LogP contribution in [0.1, 0.15) is 10.4 Å². The topological polar surface area (TPSA) is 84.2 Å². The Labute approximate surface area is 131 Å². The Morgan fingerprint density at radius 3 is 2.32 bits per heavy atom. The fraction of sp³-hybridized carbons (Fsp3) is 0.0667. The first-order valence-corrected chi connectivity index (χ1v) is 6.72. The van der Waals surface area contributed by atoms with Crippen LogP contribution in [0.5, 0.6) is 0 Å². The third-order valence-corrected chi connectivity index (χ3v) is 3.12. The lowest BCUT2D eigenvalue weighted by Gasteiger charge is -2.08. The predicted molar refractivity (Wildman–Crippen MR) is 83.5 cm³/mol. The van der Waals surface area contributed by atoms with Crippen LogP contribution in [0.3, 0.4) is 0 Å². The summed E-state index contributed by atoms with van der Waals surface area (Å²) >= 11 is 5.63. The summed E-state index contributed by atoms with van der Waals surface area (Å²) in [7, 11) is 0. The van der Waals surface area contributed by atoms with Crippen molar-refractivity contribution in [3.63, 3.8) is 0 Å². The molecule has 7 heteroatoms. The van der Waals surface area contributed by atoms with Crippen LogP contribution in [0.2, 0.25) is 5.02 Å². The van der Waals surface area contributed by atoms with Gasteiger partial charge in [0, 0.05) is 16.9 Å². The summed E-state index contributed by atoms with van der Waals surface area (Å²) in [4.78, 5) is 22.7. The van der Waals surface area contributed by atoms with Gasteiger partial charge in [0.15, 0.2) is 0 Å². The minimum Gasteiger partial charge on any atom is -0.376 e. The number of hydrogen-bond acceptors (Lipinski definition) is 3. The Morgan fingerprint density at radius 1 is 1.09 bits per heavy atom. The van der Waals surface area contributed by atoms with Gasteiger partial charge in [-0.1, -0.05) is 11.6 Å². The molecule has 2 amide bonds. The molecule has 2 aromatic rings. The average Bonchev–Trinajstić information content (AvgIpc) is 2.49. The molecule has 0 bridgehead atoms. The molecule has 0 spiro atoms. The molecular formula is C15H13ClFN3O2. The molecule has 0 fully saturated rings. The molecule has 0 heterocycles. The maximum absolute atomic E-state index is 13.0. The van der Waals surface area contributed by atoms with Crippen molar-refractivity contribution in [1.29, 1.82) is 0 Å². The molecule has 4 N–H and O–H groups in total. The summed E-state index contributed by atoms with van der Waals surface area (Å²) in [5, 5.41) is 5.41. The highest BCUT2D eigenvalue weighted by Gasteiger charge is 2.06. The predicted octanol–water partition coefficient (Wildman–Crippen LogP) is 2.63. The minimum atomic E-state index is -0.549. The summed E-state index contributed by atoms with van der Waals surface area (Å²) in [6, 6.07) is 10.3. The summed E-state index contributed by atoms with van der Waals surface area (Å²) in [6.07, 6.45) is 0. The van der Waals surface area contributed by atoms with Crippen molar-refractivity contribution in [1.82, 2.24) is 0 Å². The third-order valence-electron chi connectivity index (χ3n) is 2.83. The van der Waals surface area contributed by atoms with Crippen LogP contribution in [-0.2, 0) is 4.79 Å². The van der Waals surface area contributed by atoms with Crippen LogP contribution in [0.25, 0.3) is 0 Å². The van der Waals surface area contributed by atoms with Crippen LogP contribution in [0.15, 0.2) is 42.5 Å². The van der Waals surface area contributed by atoms with E-state index in [-0.39, 0.29) is 17.5 Å². The molecule has 0 radical (unpaired) electrons. The number of hydrogen-bond donors (Lipinski definition) is 3. The monoisotopic (exact) mass is 321 g/mol. The number of carbonyl (C=O) groups excluding carboxylic acids is 2. The van der Waals surface area contributed by atoms with Crippen molar-refractivity contribution >= 4 is 34.8 Å². The number of halogens is 2. The highest BCUT2D eigenvalue weighted by atomic mass is 35.5. The lowest BCUT2D eigenvalue weighted by molar-refractivity contribution is -0.114. The van der Waals surface area contributed by atoms with E-state index in [1.165, 1.54) is 18.2 Å². The Bertz CT molecular complexity index is 704. The van der Waals surface area contributed by atoms with Crippen molar-refractivity contribution in [2.45, 2.75) is 0 Å². The molecule has 114 valence electrons. The van der Waals surface area contributed by atoms with E-state index < -0.39 is 11.7 Å². The van der Waals surface area contributed by atoms with E-state index in [0.29, 0.717) is 16.9 Å². The number of primary amides is 1. The first-order chi connectivity index (χ1) is 10.5. The number of nitrogens with two attached hydrogens (primary N) is 1. The fourth-order valence-electron chi connectivity index (χ4n) is 1.71. The highest BCUT2D eigenvalue weighted by Crippen LogP contribution is 2.19. The van der Waals surface area contributed by atoms with Gasteiger partial charge in [0.25, 0.3) is 0 Å². The third kappa shape index (κ3) is 4.20. The lowest BCUT2D eigenvalue weighted by Crippen LogP contribution is -2.21. The Hall–Kier alpha value is -2.60. The molecule has 0 saturated carbocycles. The molecule has 2 rings (SSSR count). The summed E-state index contributed by atoms with van der Waals surface area (Å²) in [5.74, 6) is -1.38. The summed E-state index contributed by atoms with van der Waals surface area (Å²) in [6.45, 7) is 0.00487. The van der Waals surface area contributed by atoms with E-state index in [4.69, 9.17) is 17.3 Å². The molecule has 0 aliphatic rings. The molecule has 0 unspecified atom stereocenters. The van der Waals surface area contributed by atoms with Crippen molar-refractivity contribution < 1.29 is 14.0 Å². The summed E-state index contributed by atoms with van der Waals surface area (Å²) < 4.78 is 13.0. The van der Waals surface area contributed by atoms with Crippen LogP contribution < -0.4 is 16.4 Å². The van der Waals surface area contributed by atoms with Gasteiger partial charge in [0.2, 0.25) is 11.8 Å². The van der Waals surface area contributed by atoms with E-state index in [9.17, 15) is 14.0 Å². The second-order valence-corrected chi connectivity index (χ2v) is 4.88. The van der Waals surface area contributed by atoms with Crippen LogP contribution in [-0.4, -0.2) is 18.4 Å². The van der Waals surface area contributed by atoms with E-state index in [2.05, 4.69) is 10.6 Å². The Kier molecular flexibility index (Phi) is 4.95. The Balaban J connectivity index is 1.89. The number of benzene rings is 2. The standard InChI is InChI=1S/C15H13ClFN3O2/c16-12-7-11(5-6-13(12)17)20-14(21)8-19-10-3-1-9(2-4-10)15(18)22/h1-7,19H,8H2,(H2,18,22)(H,20,21). The average molecular weight is 322 g/mol. The molecule has 0 aliphatic carbocycles. The molecular weight excluding hydrogens is 309 g/mol.